The van der Waals surface area contributed by atoms with Gasteiger partial charge in [-0.05, 0) is 44.0 Å². The van der Waals surface area contributed by atoms with Crippen LogP contribution in [0.3, 0.4) is 0 Å². The molecule has 2 atom stereocenters. The van der Waals surface area contributed by atoms with Crippen LogP contribution in [0.15, 0.2) is 30.6 Å². The molecule has 6 nitrogen and oxygen atoms in total. The van der Waals surface area contributed by atoms with Crippen molar-refractivity contribution in [3.63, 3.8) is 0 Å². The van der Waals surface area contributed by atoms with Gasteiger partial charge in [0.15, 0.2) is 5.82 Å². The molecule has 1 fully saturated rings. The molecule has 0 aromatic carbocycles. The van der Waals surface area contributed by atoms with Crippen molar-refractivity contribution >= 4 is 30.7 Å². The maximum atomic E-state index is 12.7. The first-order valence-electron chi connectivity index (χ1n) is 8.20. The molecule has 2 N–H and O–H groups in total. The molecule has 2 unspecified atom stereocenters. The van der Waals surface area contributed by atoms with Crippen molar-refractivity contribution in [1.82, 2.24) is 25.4 Å². The maximum absolute atomic E-state index is 12.7. The second kappa shape index (κ2) is 9.75. The molecule has 0 bridgehead atoms. The largest absolute Gasteiger partial charge is 0.349 e. The topological polar surface area (TPSA) is 71.8 Å². The third kappa shape index (κ3) is 4.71. The SMILES string of the molecule is CCc1c(C(=O)NC2CCNCC2C)cnn1-c1ccccn1.Cl.Cl. The number of nitrogens with zero attached hydrogens (tertiary/aromatic N) is 3. The fourth-order valence-corrected chi connectivity index (χ4v) is 3.05. The van der Waals surface area contributed by atoms with Crippen LogP contribution >= 0.6 is 24.8 Å². The van der Waals surface area contributed by atoms with Gasteiger partial charge in [-0.2, -0.15) is 5.10 Å². The van der Waals surface area contributed by atoms with Crippen LogP contribution in [-0.2, 0) is 6.42 Å². The summed E-state index contributed by atoms with van der Waals surface area (Å²) in [6.07, 6.45) is 5.06. The second-order valence-corrected chi connectivity index (χ2v) is 6.01. The molecule has 2 aromatic rings. The Kier molecular flexibility index (Phi) is 8.35. The van der Waals surface area contributed by atoms with E-state index in [0.717, 1.165) is 37.4 Å². The summed E-state index contributed by atoms with van der Waals surface area (Å²) in [7, 11) is 0. The first kappa shape index (κ1) is 21.4. The van der Waals surface area contributed by atoms with Crippen LogP contribution in [0.4, 0.5) is 0 Å². The van der Waals surface area contributed by atoms with Crippen molar-refractivity contribution in [3.05, 3.63) is 41.9 Å². The lowest BCUT2D eigenvalue weighted by Crippen LogP contribution is -2.48. The Labute approximate surface area is 160 Å². The van der Waals surface area contributed by atoms with Gasteiger partial charge in [-0.3, -0.25) is 4.79 Å². The molecule has 138 valence electrons. The van der Waals surface area contributed by atoms with Crippen LogP contribution in [0, 0.1) is 5.92 Å². The molecular weight excluding hydrogens is 361 g/mol. The summed E-state index contributed by atoms with van der Waals surface area (Å²) in [5.74, 6) is 1.13. The zero-order valence-electron chi connectivity index (χ0n) is 14.4. The Morgan fingerprint density at radius 1 is 1.40 bits per heavy atom. The van der Waals surface area contributed by atoms with Gasteiger partial charge >= 0.3 is 0 Å². The monoisotopic (exact) mass is 385 g/mol. The van der Waals surface area contributed by atoms with E-state index in [1.807, 2.05) is 25.1 Å². The van der Waals surface area contributed by atoms with E-state index in [1.165, 1.54) is 0 Å². The number of hydrogen-bond donors (Lipinski definition) is 2. The first-order chi connectivity index (χ1) is 11.2. The fraction of sp³-hybridized carbons (Fsp3) is 0.471. The summed E-state index contributed by atoms with van der Waals surface area (Å²) >= 11 is 0. The summed E-state index contributed by atoms with van der Waals surface area (Å²) in [6.45, 7) is 6.08. The van der Waals surface area contributed by atoms with Crippen LogP contribution in [0.5, 0.6) is 0 Å². The number of hydrogen-bond acceptors (Lipinski definition) is 4. The van der Waals surface area contributed by atoms with Gasteiger partial charge in [0.2, 0.25) is 0 Å². The highest BCUT2D eigenvalue weighted by molar-refractivity contribution is 5.95. The molecule has 3 heterocycles. The average molecular weight is 386 g/mol. The van der Waals surface area contributed by atoms with Crippen LogP contribution in [-0.4, -0.2) is 39.8 Å². The van der Waals surface area contributed by atoms with Crippen LogP contribution < -0.4 is 10.6 Å². The standard InChI is InChI=1S/C17H23N5O.2ClH/c1-3-15-13(11-20-22(15)16-6-4-5-8-19-16)17(23)21-14-7-9-18-10-12(14)2;;/h4-6,8,11-12,14,18H,3,7,9-10H2,1-2H3,(H,21,23);2*1H. The number of amides is 1. The zero-order chi connectivity index (χ0) is 16.2. The van der Waals surface area contributed by atoms with Gasteiger partial charge in [0.25, 0.3) is 5.91 Å². The predicted octanol–water partition coefficient (Wildman–Crippen LogP) is 2.40. The van der Waals surface area contributed by atoms with Gasteiger partial charge in [0.1, 0.15) is 0 Å². The van der Waals surface area contributed by atoms with Gasteiger partial charge in [-0.1, -0.05) is 19.9 Å². The Balaban J connectivity index is 0.00000156. The first-order valence-corrected chi connectivity index (χ1v) is 8.20. The van der Waals surface area contributed by atoms with E-state index in [9.17, 15) is 4.79 Å². The third-order valence-corrected chi connectivity index (χ3v) is 4.42. The maximum Gasteiger partial charge on any atom is 0.255 e. The molecule has 0 spiro atoms. The predicted molar refractivity (Wildman–Crippen MR) is 103 cm³/mol. The number of carbonyl (C=O) groups excluding carboxylic acids is 1. The number of piperidine rings is 1. The number of pyridine rings is 1. The molecule has 0 radical (unpaired) electrons. The highest BCUT2D eigenvalue weighted by Crippen LogP contribution is 2.16. The summed E-state index contributed by atoms with van der Waals surface area (Å²) in [5.41, 5.74) is 1.53. The summed E-state index contributed by atoms with van der Waals surface area (Å²) in [6, 6.07) is 5.89. The normalized spacial score (nSPS) is 19.4. The molecular formula is C17H25Cl2N5O. The number of carbonyl (C=O) groups is 1. The van der Waals surface area contributed by atoms with Crippen LogP contribution in [0.2, 0.25) is 0 Å². The molecule has 1 amide bonds. The van der Waals surface area contributed by atoms with Crippen molar-refractivity contribution in [2.75, 3.05) is 13.1 Å². The van der Waals surface area contributed by atoms with E-state index in [1.54, 1.807) is 17.1 Å². The van der Waals surface area contributed by atoms with E-state index in [2.05, 4.69) is 27.6 Å². The number of nitrogens with one attached hydrogen (secondary N) is 2. The number of aromatic nitrogens is 3. The molecule has 1 aliphatic rings. The second-order valence-electron chi connectivity index (χ2n) is 6.01. The smallest absolute Gasteiger partial charge is 0.255 e. The molecule has 1 aliphatic heterocycles. The summed E-state index contributed by atoms with van der Waals surface area (Å²) < 4.78 is 1.75. The van der Waals surface area contributed by atoms with Crippen molar-refractivity contribution in [2.45, 2.75) is 32.7 Å². The minimum atomic E-state index is -0.0391. The Bertz CT molecular complexity index is 677. The summed E-state index contributed by atoms with van der Waals surface area (Å²) in [5, 5.41) is 10.9. The Morgan fingerprint density at radius 2 is 2.20 bits per heavy atom. The van der Waals surface area contributed by atoms with Crippen LogP contribution in [0.25, 0.3) is 5.82 Å². The lowest BCUT2D eigenvalue weighted by molar-refractivity contribution is 0.0913. The molecule has 0 aliphatic carbocycles. The van der Waals surface area contributed by atoms with Crippen LogP contribution in [0.1, 0.15) is 36.3 Å². The molecule has 3 rings (SSSR count). The molecule has 8 heteroatoms. The van der Waals surface area contributed by atoms with Crippen molar-refractivity contribution < 1.29 is 4.79 Å². The van der Waals surface area contributed by atoms with E-state index < -0.39 is 0 Å². The lowest BCUT2D eigenvalue weighted by atomic mass is 9.95. The number of rotatable bonds is 4. The minimum Gasteiger partial charge on any atom is -0.349 e. The highest BCUT2D eigenvalue weighted by atomic mass is 35.5. The molecule has 25 heavy (non-hydrogen) atoms. The minimum absolute atomic E-state index is 0. The van der Waals surface area contributed by atoms with Crippen molar-refractivity contribution in [3.8, 4) is 5.82 Å². The zero-order valence-corrected chi connectivity index (χ0v) is 16.1. The molecule has 0 saturated carbocycles. The molecule has 2 aromatic heterocycles. The van der Waals surface area contributed by atoms with Crippen molar-refractivity contribution in [2.24, 2.45) is 5.92 Å². The Hall–Kier alpha value is -1.63. The highest BCUT2D eigenvalue weighted by Gasteiger charge is 2.25. The average Bonchev–Trinajstić information content (AvgIpc) is 3.02. The van der Waals surface area contributed by atoms with Gasteiger partial charge in [-0.25, -0.2) is 9.67 Å². The van der Waals surface area contributed by atoms with E-state index >= 15 is 0 Å². The van der Waals surface area contributed by atoms with E-state index in [0.29, 0.717) is 11.5 Å². The third-order valence-electron chi connectivity index (χ3n) is 4.42. The lowest BCUT2D eigenvalue weighted by Gasteiger charge is -2.30. The Morgan fingerprint density at radius 3 is 2.84 bits per heavy atom. The summed E-state index contributed by atoms with van der Waals surface area (Å²) in [4.78, 5) is 17.0. The van der Waals surface area contributed by atoms with Gasteiger partial charge in [0, 0.05) is 12.2 Å². The van der Waals surface area contributed by atoms with Gasteiger partial charge in [-0.15, -0.1) is 24.8 Å². The fourth-order valence-electron chi connectivity index (χ4n) is 3.05. The van der Waals surface area contributed by atoms with Crippen molar-refractivity contribution in [1.29, 1.82) is 0 Å². The van der Waals surface area contributed by atoms with Gasteiger partial charge < -0.3 is 10.6 Å². The van der Waals surface area contributed by atoms with Gasteiger partial charge in [0.05, 0.1) is 17.5 Å². The quantitative estimate of drug-likeness (QED) is 0.847. The van der Waals surface area contributed by atoms with E-state index in [-0.39, 0.29) is 36.8 Å². The molecule has 1 saturated heterocycles. The van der Waals surface area contributed by atoms with E-state index in [4.69, 9.17) is 0 Å². The number of halogens is 2.